The molecule has 0 heterocycles. The molecule has 3 N–H and O–H groups in total. The zero-order valence-corrected chi connectivity index (χ0v) is 15.6. The molecule has 0 fully saturated rings. The van der Waals surface area contributed by atoms with Crippen molar-refractivity contribution in [2.24, 2.45) is 0 Å². The van der Waals surface area contributed by atoms with Crippen LogP contribution in [0.2, 0.25) is 0 Å². The summed E-state index contributed by atoms with van der Waals surface area (Å²) in [7, 11) is -4.64. The standard InChI is InChI=1S/C16H30O3.H3O4P/c1-4-6-7-8-9-10-11-12-13-14-15-16(3)18-19-17-5-2;1-5(2,3)4/h5H,2-4,6-15H2,1H3;(H3,1,2,3,4). The van der Waals surface area contributed by atoms with E-state index in [0.717, 1.165) is 19.1 Å². The van der Waals surface area contributed by atoms with E-state index in [1.807, 2.05) is 0 Å². The van der Waals surface area contributed by atoms with Gasteiger partial charge in [0.1, 0.15) is 12.0 Å². The Kier molecular flexibility index (Phi) is 19.6. The summed E-state index contributed by atoms with van der Waals surface area (Å²) in [5, 5.41) is 4.37. The predicted molar refractivity (Wildman–Crippen MR) is 93.3 cm³/mol. The molecule has 0 radical (unpaired) electrons. The average Bonchev–Trinajstić information content (AvgIpc) is 2.48. The first kappa shape index (κ1) is 25.4. The van der Waals surface area contributed by atoms with Crippen LogP contribution < -0.4 is 0 Å². The zero-order valence-electron chi connectivity index (χ0n) is 14.7. The van der Waals surface area contributed by atoms with Gasteiger partial charge in [-0.3, -0.25) is 0 Å². The molecule has 0 aromatic rings. The molecule has 0 aliphatic heterocycles. The summed E-state index contributed by atoms with van der Waals surface area (Å²) in [6, 6.07) is 0. The van der Waals surface area contributed by atoms with Crippen LogP contribution in [0.25, 0.3) is 0 Å². The quantitative estimate of drug-likeness (QED) is 0.124. The van der Waals surface area contributed by atoms with Gasteiger partial charge < -0.3 is 24.5 Å². The molecule has 24 heavy (non-hydrogen) atoms. The topological polar surface area (TPSA) is 105 Å². The Morgan fingerprint density at radius 1 is 0.958 bits per heavy atom. The van der Waals surface area contributed by atoms with Crippen LogP contribution in [0.5, 0.6) is 0 Å². The predicted octanol–water partition coefficient (Wildman–Crippen LogP) is 4.91. The van der Waals surface area contributed by atoms with E-state index in [-0.39, 0.29) is 0 Å². The maximum atomic E-state index is 8.88. The molecule has 7 nitrogen and oxygen atoms in total. The second kappa shape index (κ2) is 18.5. The van der Waals surface area contributed by atoms with Gasteiger partial charge in [0, 0.05) is 11.5 Å². The van der Waals surface area contributed by atoms with Crippen LogP contribution in [0.3, 0.4) is 0 Å². The van der Waals surface area contributed by atoms with Crippen LogP contribution in [0, 0.1) is 0 Å². The van der Waals surface area contributed by atoms with Crippen LogP contribution in [-0.2, 0) is 19.4 Å². The van der Waals surface area contributed by atoms with Gasteiger partial charge in [-0.15, -0.1) is 0 Å². The first-order valence-corrected chi connectivity index (χ1v) is 9.94. The normalized spacial score (nSPS) is 10.5. The van der Waals surface area contributed by atoms with Crippen molar-refractivity contribution in [2.45, 2.75) is 77.6 Å². The van der Waals surface area contributed by atoms with Gasteiger partial charge in [0.05, 0.1) is 0 Å². The molecule has 0 aromatic heterocycles. The number of unbranched alkanes of at least 4 members (excludes halogenated alkanes) is 9. The van der Waals surface area contributed by atoms with Gasteiger partial charge in [0.15, 0.2) is 0 Å². The molecule has 0 rings (SSSR count). The van der Waals surface area contributed by atoms with E-state index in [4.69, 9.17) is 24.1 Å². The van der Waals surface area contributed by atoms with E-state index in [9.17, 15) is 0 Å². The highest BCUT2D eigenvalue weighted by Gasteiger charge is 2.00. The molecule has 0 aliphatic rings. The van der Waals surface area contributed by atoms with Crippen molar-refractivity contribution in [1.29, 1.82) is 0 Å². The van der Waals surface area contributed by atoms with E-state index < -0.39 is 7.82 Å². The van der Waals surface area contributed by atoms with Gasteiger partial charge in [-0.05, 0) is 6.42 Å². The minimum absolute atomic E-state index is 0.599. The minimum Gasteiger partial charge on any atom is -0.308 e. The first-order valence-electron chi connectivity index (χ1n) is 8.38. The molecule has 0 aliphatic carbocycles. The molecule has 8 heteroatoms. The van der Waals surface area contributed by atoms with Gasteiger partial charge in [-0.2, -0.15) is 0 Å². The summed E-state index contributed by atoms with van der Waals surface area (Å²) in [5.74, 6) is 0.599. The Balaban J connectivity index is 0. The highest BCUT2D eigenvalue weighted by molar-refractivity contribution is 7.45. The SMILES string of the molecule is C=COOOC(=C)CCCCCCCCCCCC.O=P(O)(O)O. The number of hydrogen-bond donors (Lipinski definition) is 3. The molecule has 144 valence electrons. The third kappa shape index (κ3) is 32.9. The van der Waals surface area contributed by atoms with E-state index in [2.05, 4.69) is 30.0 Å². The fourth-order valence-corrected chi connectivity index (χ4v) is 1.95. The van der Waals surface area contributed by atoms with Crippen molar-refractivity contribution in [3.63, 3.8) is 0 Å². The summed E-state index contributed by atoms with van der Waals surface area (Å²) >= 11 is 0. The van der Waals surface area contributed by atoms with Gasteiger partial charge in [-0.25, -0.2) is 4.57 Å². The smallest absolute Gasteiger partial charge is 0.308 e. The lowest BCUT2D eigenvalue weighted by Crippen LogP contribution is -1.92. The Morgan fingerprint density at radius 2 is 1.38 bits per heavy atom. The Morgan fingerprint density at radius 3 is 1.79 bits per heavy atom. The van der Waals surface area contributed by atoms with Crippen molar-refractivity contribution in [3.8, 4) is 0 Å². The zero-order chi connectivity index (χ0) is 18.7. The van der Waals surface area contributed by atoms with Crippen molar-refractivity contribution < 1.29 is 34.1 Å². The Hall–Kier alpha value is -0.850. The molecular formula is C16H33O7P. The van der Waals surface area contributed by atoms with E-state index in [1.165, 1.54) is 57.8 Å². The van der Waals surface area contributed by atoms with Crippen LogP contribution in [0.1, 0.15) is 77.6 Å². The van der Waals surface area contributed by atoms with E-state index >= 15 is 0 Å². The monoisotopic (exact) mass is 368 g/mol. The molecule has 0 amide bonds. The summed E-state index contributed by atoms with van der Waals surface area (Å²) in [5.41, 5.74) is 0. The lowest BCUT2D eigenvalue weighted by atomic mass is 10.1. The fourth-order valence-electron chi connectivity index (χ4n) is 1.95. The van der Waals surface area contributed by atoms with Gasteiger partial charge in [0.25, 0.3) is 0 Å². The second-order valence-corrected chi connectivity index (χ2v) is 6.42. The number of rotatable bonds is 15. The third-order valence-corrected chi connectivity index (χ3v) is 3.07. The van der Waals surface area contributed by atoms with Gasteiger partial charge in [0.2, 0.25) is 0 Å². The Bertz CT molecular complexity index is 333. The van der Waals surface area contributed by atoms with Crippen molar-refractivity contribution in [1.82, 2.24) is 0 Å². The van der Waals surface area contributed by atoms with Crippen LogP contribution >= 0.6 is 7.82 Å². The number of phosphoric acid groups is 1. The Labute approximate surface area is 145 Å². The number of hydrogen-bond acceptors (Lipinski definition) is 4. The highest BCUT2D eigenvalue weighted by atomic mass is 31.2. The van der Waals surface area contributed by atoms with Crippen LogP contribution in [0.15, 0.2) is 25.2 Å². The summed E-state index contributed by atoms with van der Waals surface area (Å²) in [6.07, 6.45) is 15.2. The molecule has 0 saturated carbocycles. The summed E-state index contributed by atoms with van der Waals surface area (Å²) in [4.78, 5) is 30.7. The number of allylic oxidation sites excluding steroid dienone is 1. The lowest BCUT2D eigenvalue weighted by molar-refractivity contribution is -0.472. The molecule has 0 atom stereocenters. The molecule has 0 unspecified atom stereocenters. The van der Waals surface area contributed by atoms with Gasteiger partial charge in [-0.1, -0.05) is 77.9 Å². The van der Waals surface area contributed by atoms with Crippen LogP contribution in [-0.4, -0.2) is 14.7 Å². The van der Waals surface area contributed by atoms with Gasteiger partial charge >= 0.3 is 7.82 Å². The summed E-state index contributed by atoms with van der Waals surface area (Å²) < 4.78 is 8.88. The first-order chi connectivity index (χ1) is 11.3. The lowest BCUT2D eigenvalue weighted by Gasteiger charge is -2.05. The summed E-state index contributed by atoms with van der Waals surface area (Å²) in [6.45, 7) is 9.32. The van der Waals surface area contributed by atoms with Crippen molar-refractivity contribution in [3.05, 3.63) is 25.2 Å². The molecule has 0 saturated heterocycles. The second-order valence-electron chi connectivity index (χ2n) is 5.40. The maximum Gasteiger partial charge on any atom is 0.466 e. The largest absolute Gasteiger partial charge is 0.466 e. The molecular weight excluding hydrogens is 335 g/mol. The van der Waals surface area contributed by atoms with Crippen molar-refractivity contribution in [2.75, 3.05) is 0 Å². The van der Waals surface area contributed by atoms with Crippen LogP contribution in [0.4, 0.5) is 0 Å². The minimum atomic E-state index is -4.64. The molecule has 0 bridgehead atoms. The fraction of sp³-hybridized carbons (Fsp3) is 0.750. The highest BCUT2D eigenvalue weighted by Crippen LogP contribution is 2.25. The maximum absolute atomic E-state index is 8.88. The molecule has 0 aromatic carbocycles. The molecule has 0 spiro atoms. The van der Waals surface area contributed by atoms with E-state index in [0.29, 0.717) is 5.76 Å². The van der Waals surface area contributed by atoms with E-state index in [1.54, 1.807) is 0 Å². The van der Waals surface area contributed by atoms with Crippen molar-refractivity contribution >= 4 is 7.82 Å². The third-order valence-electron chi connectivity index (χ3n) is 3.07. The average molecular weight is 368 g/mol.